The molecule has 0 aliphatic rings. The zero-order valence-electron chi connectivity index (χ0n) is 13.8. The van der Waals surface area contributed by atoms with E-state index in [9.17, 15) is 18.0 Å². The first-order chi connectivity index (χ1) is 12.8. The van der Waals surface area contributed by atoms with Crippen LogP contribution in [-0.2, 0) is 0 Å². The summed E-state index contributed by atoms with van der Waals surface area (Å²) in [5, 5.41) is 14.2. The summed E-state index contributed by atoms with van der Waals surface area (Å²) in [7, 11) is 0. The molecule has 0 aliphatic carbocycles. The minimum absolute atomic E-state index is 0.153. The zero-order valence-corrected chi connectivity index (χ0v) is 13.8. The number of carbonyl (C=O) groups excluding carboxylic acids is 1. The Hall–Kier alpha value is -3.27. The number of hydrogen-bond donors (Lipinski definition) is 4. The monoisotopic (exact) mass is 380 g/mol. The SMILES string of the molecule is O=C(NCCO)c1ccc2nc(Nc3ccc(OC(F)(F)F)cc3)[nH]c2c1. The van der Waals surface area contributed by atoms with Crippen LogP contribution in [0.2, 0.25) is 0 Å². The lowest BCUT2D eigenvalue weighted by atomic mass is 10.2. The highest BCUT2D eigenvalue weighted by Gasteiger charge is 2.30. The Labute approximate surface area is 151 Å². The van der Waals surface area contributed by atoms with Crippen molar-refractivity contribution in [1.29, 1.82) is 0 Å². The van der Waals surface area contributed by atoms with E-state index >= 15 is 0 Å². The van der Waals surface area contributed by atoms with Gasteiger partial charge in [-0.3, -0.25) is 4.79 Å². The van der Waals surface area contributed by atoms with Crippen LogP contribution >= 0.6 is 0 Å². The standard InChI is InChI=1S/C17H15F3N4O3/c18-17(19,20)27-12-4-2-11(3-5-12)22-16-23-13-6-1-10(9-14(13)24-16)15(26)21-7-8-25/h1-6,9,25H,7-8H2,(H,21,26)(H2,22,23,24). The maximum Gasteiger partial charge on any atom is 0.573 e. The smallest absolute Gasteiger partial charge is 0.406 e. The molecule has 1 aromatic heterocycles. The number of carbonyl (C=O) groups is 1. The highest BCUT2D eigenvalue weighted by Crippen LogP contribution is 2.25. The third-order valence-electron chi connectivity index (χ3n) is 3.49. The van der Waals surface area contributed by atoms with E-state index in [0.717, 1.165) is 0 Å². The van der Waals surface area contributed by atoms with Crippen LogP contribution in [0, 0.1) is 0 Å². The molecule has 0 saturated heterocycles. The number of imidazole rings is 1. The van der Waals surface area contributed by atoms with Crippen LogP contribution in [-0.4, -0.2) is 40.5 Å². The van der Waals surface area contributed by atoms with Gasteiger partial charge in [0, 0.05) is 17.8 Å². The molecule has 142 valence electrons. The first kappa shape index (κ1) is 18.5. The number of rotatable bonds is 6. The summed E-state index contributed by atoms with van der Waals surface area (Å²) in [6.45, 7) is -0.000386. The number of nitrogens with zero attached hydrogens (tertiary/aromatic N) is 1. The second kappa shape index (κ2) is 7.54. The highest BCUT2D eigenvalue weighted by atomic mass is 19.4. The third-order valence-corrected chi connectivity index (χ3v) is 3.49. The molecular weight excluding hydrogens is 365 g/mol. The number of amides is 1. The van der Waals surface area contributed by atoms with Crippen LogP contribution in [0.1, 0.15) is 10.4 Å². The fourth-order valence-electron chi connectivity index (χ4n) is 2.36. The van der Waals surface area contributed by atoms with Crippen molar-refractivity contribution in [3.8, 4) is 5.75 Å². The van der Waals surface area contributed by atoms with Gasteiger partial charge < -0.3 is 25.5 Å². The van der Waals surface area contributed by atoms with Gasteiger partial charge in [0.2, 0.25) is 5.95 Å². The van der Waals surface area contributed by atoms with Crippen LogP contribution in [0.15, 0.2) is 42.5 Å². The quantitative estimate of drug-likeness (QED) is 0.527. The lowest BCUT2D eigenvalue weighted by molar-refractivity contribution is -0.274. The number of hydrogen-bond acceptors (Lipinski definition) is 5. The molecule has 0 aliphatic heterocycles. The van der Waals surface area contributed by atoms with Crippen LogP contribution in [0.4, 0.5) is 24.8 Å². The third kappa shape index (κ3) is 4.88. The van der Waals surface area contributed by atoms with Crippen molar-refractivity contribution in [1.82, 2.24) is 15.3 Å². The average Bonchev–Trinajstić information content (AvgIpc) is 3.01. The van der Waals surface area contributed by atoms with Crippen molar-refractivity contribution in [2.75, 3.05) is 18.5 Å². The number of anilines is 2. The van der Waals surface area contributed by atoms with Crippen LogP contribution < -0.4 is 15.4 Å². The maximum absolute atomic E-state index is 12.2. The van der Waals surface area contributed by atoms with Crippen molar-refractivity contribution < 1.29 is 27.8 Å². The van der Waals surface area contributed by atoms with E-state index in [-0.39, 0.29) is 24.8 Å². The van der Waals surface area contributed by atoms with E-state index in [0.29, 0.717) is 28.2 Å². The number of nitrogens with one attached hydrogen (secondary N) is 3. The summed E-state index contributed by atoms with van der Waals surface area (Å²) in [5.74, 6) is -0.283. The summed E-state index contributed by atoms with van der Waals surface area (Å²) >= 11 is 0. The Balaban J connectivity index is 1.73. The normalized spacial score (nSPS) is 11.4. The number of aliphatic hydroxyl groups excluding tert-OH is 1. The Bertz CT molecular complexity index is 939. The van der Waals surface area contributed by atoms with E-state index in [4.69, 9.17) is 5.11 Å². The molecule has 0 saturated carbocycles. The van der Waals surface area contributed by atoms with E-state index in [2.05, 4.69) is 25.3 Å². The number of alkyl halides is 3. The van der Waals surface area contributed by atoms with Crippen LogP contribution in [0.3, 0.4) is 0 Å². The number of ether oxygens (including phenoxy) is 1. The first-order valence-electron chi connectivity index (χ1n) is 7.86. The first-order valence-corrected chi connectivity index (χ1v) is 7.86. The lowest BCUT2D eigenvalue weighted by Gasteiger charge is -2.09. The fourth-order valence-corrected chi connectivity index (χ4v) is 2.36. The lowest BCUT2D eigenvalue weighted by Crippen LogP contribution is -2.26. The van der Waals surface area contributed by atoms with Gasteiger partial charge in [0.1, 0.15) is 5.75 Å². The largest absolute Gasteiger partial charge is 0.573 e. The number of fused-ring (bicyclic) bond motifs is 1. The molecule has 0 unspecified atom stereocenters. The number of aliphatic hydroxyl groups is 1. The Morgan fingerprint density at radius 3 is 2.59 bits per heavy atom. The predicted octanol–water partition coefficient (Wildman–Crippen LogP) is 2.93. The van der Waals surface area contributed by atoms with Gasteiger partial charge in [-0.1, -0.05) is 0 Å². The summed E-state index contributed by atoms with van der Waals surface area (Å²) < 4.78 is 40.3. The van der Waals surface area contributed by atoms with Gasteiger partial charge in [-0.2, -0.15) is 0 Å². The molecule has 0 atom stereocenters. The number of aromatic amines is 1. The minimum Gasteiger partial charge on any atom is -0.406 e. The molecule has 4 N–H and O–H groups in total. The molecule has 7 nitrogen and oxygen atoms in total. The molecule has 1 heterocycles. The van der Waals surface area contributed by atoms with Crippen molar-refractivity contribution >= 4 is 28.6 Å². The van der Waals surface area contributed by atoms with E-state index in [1.54, 1.807) is 18.2 Å². The molecule has 0 fully saturated rings. The van der Waals surface area contributed by atoms with Crippen LogP contribution in [0.5, 0.6) is 5.75 Å². The average molecular weight is 380 g/mol. The molecule has 1 amide bonds. The second-order valence-corrected chi connectivity index (χ2v) is 5.49. The summed E-state index contributed by atoms with van der Waals surface area (Å²) in [6, 6.07) is 10.1. The van der Waals surface area contributed by atoms with Crippen molar-refractivity contribution in [2.24, 2.45) is 0 Å². The number of aromatic nitrogens is 2. The molecule has 3 aromatic rings. The molecule has 0 bridgehead atoms. The second-order valence-electron chi connectivity index (χ2n) is 5.49. The predicted molar refractivity (Wildman–Crippen MR) is 91.9 cm³/mol. The van der Waals surface area contributed by atoms with Gasteiger partial charge in [-0.15, -0.1) is 13.2 Å². The van der Waals surface area contributed by atoms with Gasteiger partial charge in [-0.05, 0) is 42.5 Å². The van der Waals surface area contributed by atoms with Crippen LogP contribution in [0.25, 0.3) is 11.0 Å². The van der Waals surface area contributed by atoms with Crippen molar-refractivity contribution in [3.05, 3.63) is 48.0 Å². The zero-order chi connectivity index (χ0) is 19.4. The molecule has 27 heavy (non-hydrogen) atoms. The Morgan fingerprint density at radius 1 is 1.19 bits per heavy atom. The van der Waals surface area contributed by atoms with E-state index < -0.39 is 6.36 Å². The minimum atomic E-state index is -4.74. The fraction of sp³-hybridized carbons (Fsp3) is 0.176. The maximum atomic E-state index is 12.2. The molecule has 0 spiro atoms. The molecule has 3 rings (SSSR count). The summed E-state index contributed by atoms with van der Waals surface area (Å²) in [4.78, 5) is 19.2. The molecule has 2 aromatic carbocycles. The van der Waals surface area contributed by atoms with E-state index in [1.807, 2.05) is 0 Å². The van der Waals surface area contributed by atoms with Gasteiger partial charge in [0.15, 0.2) is 0 Å². The Morgan fingerprint density at radius 2 is 1.93 bits per heavy atom. The number of halogens is 3. The van der Waals surface area contributed by atoms with E-state index in [1.165, 1.54) is 24.3 Å². The Kier molecular flexibility index (Phi) is 5.17. The molecule has 10 heteroatoms. The van der Waals surface area contributed by atoms with Crippen molar-refractivity contribution in [3.63, 3.8) is 0 Å². The van der Waals surface area contributed by atoms with Crippen molar-refractivity contribution in [2.45, 2.75) is 6.36 Å². The summed E-state index contributed by atoms with van der Waals surface area (Å²) in [5.41, 5.74) is 2.11. The van der Waals surface area contributed by atoms with Gasteiger partial charge >= 0.3 is 6.36 Å². The number of benzene rings is 2. The highest BCUT2D eigenvalue weighted by molar-refractivity contribution is 5.97. The molecule has 0 radical (unpaired) electrons. The van der Waals surface area contributed by atoms with Gasteiger partial charge in [0.25, 0.3) is 5.91 Å². The molecular formula is C17H15F3N4O3. The van der Waals surface area contributed by atoms with Gasteiger partial charge in [-0.25, -0.2) is 4.98 Å². The topological polar surface area (TPSA) is 99.3 Å². The van der Waals surface area contributed by atoms with Gasteiger partial charge in [0.05, 0.1) is 17.6 Å². The summed E-state index contributed by atoms with van der Waals surface area (Å²) in [6.07, 6.45) is -4.74. The number of H-pyrrole nitrogens is 1.